The van der Waals surface area contributed by atoms with Crippen molar-refractivity contribution < 1.29 is 14.3 Å². The number of hydrogen-bond donors (Lipinski definition) is 2. The fourth-order valence-electron chi connectivity index (χ4n) is 2.44. The molecule has 1 aliphatic heterocycles. The maximum Gasteiger partial charge on any atom is 0.242 e. The lowest BCUT2D eigenvalue weighted by Gasteiger charge is -2.16. The van der Waals surface area contributed by atoms with Crippen molar-refractivity contribution >= 4 is 27.5 Å². The van der Waals surface area contributed by atoms with Gasteiger partial charge in [0.15, 0.2) is 11.5 Å². The molecule has 6 heteroatoms. The third-order valence-electron chi connectivity index (χ3n) is 3.84. The van der Waals surface area contributed by atoms with Gasteiger partial charge in [-0.05, 0) is 55.3 Å². The van der Waals surface area contributed by atoms with E-state index in [0.717, 1.165) is 32.8 Å². The third kappa shape index (κ3) is 3.82. The van der Waals surface area contributed by atoms with Gasteiger partial charge in [0.2, 0.25) is 12.7 Å². The summed E-state index contributed by atoms with van der Waals surface area (Å²) in [6, 6.07) is 11.2. The zero-order chi connectivity index (χ0) is 17.1. The first-order chi connectivity index (χ1) is 11.5. The molecule has 0 spiro atoms. The molecule has 0 bridgehead atoms. The normalized spacial score (nSPS) is 13.5. The Balaban J connectivity index is 1.55. The van der Waals surface area contributed by atoms with Gasteiger partial charge in [-0.3, -0.25) is 4.79 Å². The van der Waals surface area contributed by atoms with Crippen molar-refractivity contribution in [1.29, 1.82) is 0 Å². The van der Waals surface area contributed by atoms with E-state index >= 15 is 0 Å². The van der Waals surface area contributed by atoms with E-state index in [4.69, 9.17) is 9.47 Å². The van der Waals surface area contributed by atoms with Gasteiger partial charge in [-0.15, -0.1) is 0 Å². The minimum atomic E-state index is -0.334. The average molecular weight is 391 g/mol. The van der Waals surface area contributed by atoms with Gasteiger partial charge in [0, 0.05) is 16.7 Å². The topological polar surface area (TPSA) is 59.6 Å². The van der Waals surface area contributed by atoms with Gasteiger partial charge >= 0.3 is 0 Å². The SMILES string of the molecule is Cc1cc(N[C@@H](C)C(=O)NCc2ccc3c(c2)OCO3)ccc1Br. The molecular formula is C18H19BrN2O3. The van der Waals surface area contributed by atoms with E-state index in [1.807, 2.05) is 50.2 Å². The Kier molecular flexibility index (Phi) is 4.94. The van der Waals surface area contributed by atoms with Crippen molar-refractivity contribution in [2.75, 3.05) is 12.1 Å². The van der Waals surface area contributed by atoms with Crippen molar-refractivity contribution in [3.05, 3.63) is 52.0 Å². The molecule has 2 aromatic carbocycles. The minimum Gasteiger partial charge on any atom is -0.454 e. The number of ether oxygens (including phenoxy) is 2. The van der Waals surface area contributed by atoms with Gasteiger partial charge in [-0.1, -0.05) is 22.0 Å². The molecule has 0 fully saturated rings. The molecule has 0 aliphatic carbocycles. The third-order valence-corrected chi connectivity index (χ3v) is 4.73. The highest BCUT2D eigenvalue weighted by molar-refractivity contribution is 9.10. The van der Waals surface area contributed by atoms with Crippen LogP contribution in [-0.2, 0) is 11.3 Å². The number of carbonyl (C=O) groups is 1. The van der Waals surface area contributed by atoms with Crippen molar-refractivity contribution in [2.24, 2.45) is 0 Å². The first-order valence-electron chi connectivity index (χ1n) is 7.72. The van der Waals surface area contributed by atoms with Crippen molar-refractivity contribution in [3.63, 3.8) is 0 Å². The van der Waals surface area contributed by atoms with Crippen LogP contribution < -0.4 is 20.1 Å². The molecular weight excluding hydrogens is 372 g/mol. The molecule has 24 heavy (non-hydrogen) atoms. The summed E-state index contributed by atoms with van der Waals surface area (Å²) in [6.45, 7) is 4.55. The summed E-state index contributed by atoms with van der Waals surface area (Å²) >= 11 is 3.47. The van der Waals surface area contributed by atoms with Gasteiger partial charge in [-0.2, -0.15) is 0 Å². The van der Waals surface area contributed by atoms with Crippen LogP contribution in [0.15, 0.2) is 40.9 Å². The summed E-state index contributed by atoms with van der Waals surface area (Å²) in [5.74, 6) is 1.40. The van der Waals surface area contributed by atoms with Crippen LogP contribution in [0, 0.1) is 6.92 Å². The van der Waals surface area contributed by atoms with Crippen molar-refractivity contribution in [1.82, 2.24) is 5.32 Å². The Bertz CT molecular complexity index is 764. The second-order valence-electron chi connectivity index (χ2n) is 5.74. The molecule has 0 radical (unpaired) electrons. The van der Waals surface area contributed by atoms with Crippen LogP contribution in [0.2, 0.25) is 0 Å². The number of rotatable bonds is 5. The largest absolute Gasteiger partial charge is 0.454 e. The number of carbonyl (C=O) groups excluding carboxylic acids is 1. The zero-order valence-corrected chi connectivity index (χ0v) is 15.1. The summed E-state index contributed by atoms with van der Waals surface area (Å²) < 4.78 is 11.7. The smallest absolute Gasteiger partial charge is 0.242 e. The Hall–Kier alpha value is -2.21. The predicted octanol–water partition coefficient (Wildman–Crippen LogP) is 3.60. The Morgan fingerprint density at radius 3 is 2.79 bits per heavy atom. The standard InChI is InChI=1S/C18H19BrN2O3/c1-11-7-14(4-5-15(11)19)21-12(2)18(22)20-9-13-3-6-16-17(8-13)24-10-23-16/h3-8,12,21H,9-10H2,1-2H3,(H,20,22)/t12-/m0/s1. The van der Waals surface area contributed by atoms with E-state index in [1.54, 1.807) is 0 Å². The molecule has 0 saturated heterocycles. The van der Waals surface area contributed by atoms with E-state index in [-0.39, 0.29) is 18.7 Å². The number of fused-ring (bicyclic) bond motifs is 1. The second kappa shape index (κ2) is 7.13. The maximum atomic E-state index is 12.3. The average Bonchev–Trinajstić information content (AvgIpc) is 3.03. The van der Waals surface area contributed by atoms with E-state index in [1.165, 1.54) is 0 Å². The number of anilines is 1. The van der Waals surface area contributed by atoms with E-state index in [9.17, 15) is 4.79 Å². The van der Waals surface area contributed by atoms with E-state index in [2.05, 4.69) is 26.6 Å². The van der Waals surface area contributed by atoms with E-state index < -0.39 is 0 Å². The number of benzene rings is 2. The lowest BCUT2D eigenvalue weighted by molar-refractivity contribution is -0.121. The number of halogens is 1. The van der Waals surface area contributed by atoms with Crippen LogP contribution in [0.3, 0.4) is 0 Å². The minimum absolute atomic E-state index is 0.0618. The fourth-order valence-corrected chi connectivity index (χ4v) is 2.69. The van der Waals surface area contributed by atoms with Gasteiger partial charge in [0.25, 0.3) is 0 Å². The van der Waals surface area contributed by atoms with Crippen LogP contribution in [0.5, 0.6) is 11.5 Å². The highest BCUT2D eigenvalue weighted by Gasteiger charge is 2.15. The van der Waals surface area contributed by atoms with Crippen LogP contribution in [0.1, 0.15) is 18.1 Å². The molecule has 1 atom stereocenters. The molecule has 2 aromatic rings. The summed E-state index contributed by atoms with van der Waals surface area (Å²) in [5, 5.41) is 6.14. The van der Waals surface area contributed by atoms with Crippen molar-refractivity contribution in [3.8, 4) is 11.5 Å². The van der Waals surface area contributed by atoms with Gasteiger partial charge < -0.3 is 20.1 Å². The molecule has 1 heterocycles. The van der Waals surface area contributed by atoms with Crippen LogP contribution in [0.4, 0.5) is 5.69 Å². The van der Waals surface area contributed by atoms with Crippen molar-refractivity contribution in [2.45, 2.75) is 26.4 Å². The molecule has 1 aliphatic rings. The van der Waals surface area contributed by atoms with Crippen LogP contribution in [-0.4, -0.2) is 18.7 Å². The number of aryl methyl sites for hydroxylation is 1. The monoisotopic (exact) mass is 390 g/mol. The van der Waals surface area contributed by atoms with Crippen LogP contribution in [0.25, 0.3) is 0 Å². The van der Waals surface area contributed by atoms with Gasteiger partial charge in [0.1, 0.15) is 6.04 Å². The second-order valence-corrected chi connectivity index (χ2v) is 6.59. The lowest BCUT2D eigenvalue weighted by atomic mass is 10.2. The molecule has 5 nitrogen and oxygen atoms in total. The fraction of sp³-hybridized carbons (Fsp3) is 0.278. The zero-order valence-electron chi connectivity index (χ0n) is 13.6. The first kappa shape index (κ1) is 16.6. The molecule has 3 rings (SSSR count). The summed E-state index contributed by atoms with van der Waals surface area (Å²) in [6.07, 6.45) is 0. The Labute approximate surface area is 149 Å². The quantitative estimate of drug-likeness (QED) is 0.818. The van der Waals surface area contributed by atoms with Crippen LogP contribution >= 0.6 is 15.9 Å². The van der Waals surface area contributed by atoms with Gasteiger partial charge in [0.05, 0.1) is 0 Å². The van der Waals surface area contributed by atoms with E-state index in [0.29, 0.717) is 6.54 Å². The summed E-state index contributed by atoms with van der Waals surface area (Å²) in [5.41, 5.74) is 3.01. The Morgan fingerprint density at radius 1 is 1.21 bits per heavy atom. The summed E-state index contributed by atoms with van der Waals surface area (Å²) in [7, 11) is 0. The molecule has 126 valence electrons. The molecule has 0 saturated carbocycles. The molecule has 1 amide bonds. The number of nitrogens with one attached hydrogen (secondary N) is 2. The number of hydrogen-bond acceptors (Lipinski definition) is 4. The highest BCUT2D eigenvalue weighted by atomic mass is 79.9. The number of amides is 1. The predicted molar refractivity (Wildman–Crippen MR) is 96.4 cm³/mol. The molecule has 0 unspecified atom stereocenters. The first-order valence-corrected chi connectivity index (χ1v) is 8.51. The molecule has 0 aromatic heterocycles. The lowest BCUT2D eigenvalue weighted by Crippen LogP contribution is -2.37. The van der Waals surface area contributed by atoms with Gasteiger partial charge in [-0.25, -0.2) is 0 Å². The molecule has 2 N–H and O–H groups in total. The highest BCUT2D eigenvalue weighted by Crippen LogP contribution is 2.32. The maximum absolute atomic E-state index is 12.3. The Morgan fingerprint density at radius 2 is 2.00 bits per heavy atom. The summed E-state index contributed by atoms with van der Waals surface area (Å²) in [4.78, 5) is 12.3.